The predicted molar refractivity (Wildman–Crippen MR) is 104 cm³/mol. The Morgan fingerprint density at radius 3 is 2.64 bits per heavy atom. The molecular formula is C22H26O6. The Kier molecular flexibility index (Phi) is 8.53. The zero-order valence-electron chi connectivity index (χ0n) is 15.7. The van der Waals surface area contributed by atoms with Crippen LogP contribution in [0.2, 0.25) is 0 Å². The highest BCUT2D eigenvalue weighted by Crippen LogP contribution is 2.35. The van der Waals surface area contributed by atoms with Gasteiger partial charge >= 0.3 is 5.97 Å². The van der Waals surface area contributed by atoms with Crippen molar-refractivity contribution < 1.29 is 29.6 Å². The Morgan fingerprint density at radius 1 is 1.18 bits per heavy atom. The van der Waals surface area contributed by atoms with Gasteiger partial charge in [-0.25, -0.2) is 0 Å². The van der Waals surface area contributed by atoms with E-state index in [0.717, 1.165) is 0 Å². The van der Waals surface area contributed by atoms with E-state index in [0.29, 0.717) is 25.0 Å². The average Bonchev–Trinajstić information content (AvgIpc) is 2.94. The zero-order valence-corrected chi connectivity index (χ0v) is 15.7. The van der Waals surface area contributed by atoms with Crippen molar-refractivity contribution in [2.75, 3.05) is 6.61 Å². The maximum Gasteiger partial charge on any atom is 0.303 e. The fourth-order valence-corrected chi connectivity index (χ4v) is 3.21. The summed E-state index contributed by atoms with van der Waals surface area (Å²) < 4.78 is 5.47. The van der Waals surface area contributed by atoms with Gasteiger partial charge in [0, 0.05) is 18.8 Å². The predicted octanol–water partition coefficient (Wildman–Crippen LogP) is 3.43. The molecule has 0 aromatic heterocycles. The topological polar surface area (TPSA) is 104 Å². The maximum absolute atomic E-state index is 12.2. The molecular weight excluding hydrogens is 360 g/mol. The zero-order chi connectivity index (χ0) is 20.4. The molecule has 2 rings (SSSR count). The quantitative estimate of drug-likeness (QED) is 0.420. The monoisotopic (exact) mass is 386 g/mol. The van der Waals surface area contributed by atoms with Crippen molar-refractivity contribution in [2.24, 2.45) is 11.8 Å². The summed E-state index contributed by atoms with van der Waals surface area (Å²) in [6, 6.07) is 9.13. The van der Waals surface area contributed by atoms with Crippen LogP contribution in [0.3, 0.4) is 0 Å². The normalized spacial score (nSPS) is 21.8. The number of hydrogen-bond acceptors (Lipinski definition) is 5. The fourth-order valence-electron chi connectivity index (χ4n) is 3.21. The lowest BCUT2D eigenvalue weighted by atomic mass is 9.88. The van der Waals surface area contributed by atoms with Crippen molar-refractivity contribution in [3.05, 3.63) is 60.1 Å². The molecule has 150 valence electrons. The molecule has 3 atom stereocenters. The number of para-hydroxylation sites is 1. The number of carboxylic acid groups (broad SMARTS) is 1. The number of ether oxygens (including phenoxy) is 1. The second-order valence-corrected chi connectivity index (χ2v) is 6.78. The summed E-state index contributed by atoms with van der Waals surface area (Å²) >= 11 is 0. The van der Waals surface area contributed by atoms with Crippen LogP contribution in [0.25, 0.3) is 0 Å². The number of Topliss-reactive ketones (excluding diaryl/α,β-unsaturated/α-hetero) is 1. The first-order valence-electron chi connectivity index (χ1n) is 9.35. The Labute approximate surface area is 164 Å². The van der Waals surface area contributed by atoms with Crippen LogP contribution in [0.15, 0.2) is 60.1 Å². The molecule has 0 aliphatic heterocycles. The standard InChI is InChI=1S/C22H26O6/c23-16(15-28-17-8-4-3-5-9-17)12-13-19-18(20(24)14-21(19)25)10-6-1-2-7-11-22(26)27/h2-6,8-9,12,18-19,21,23,25H,7,10-11,13-15H2,(H,26,27)/b16-12-. The summed E-state index contributed by atoms with van der Waals surface area (Å²) in [5.74, 6) is -0.781. The number of hydrogen-bond donors (Lipinski definition) is 3. The van der Waals surface area contributed by atoms with E-state index < -0.39 is 12.1 Å². The van der Waals surface area contributed by atoms with E-state index in [4.69, 9.17) is 9.84 Å². The van der Waals surface area contributed by atoms with Crippen molar-refractivity contribution in [1.29, 1.82) is 0 Å². The van der Waals surface area contributed by atoms with Crippen molar-refractivity contribution >= 4 is 11.8 Å². The third-order valence-electron chi connectivity index (χ3n) is 4.70. The van der Waals surface area contributed by atoms with Gasteiger partial charge in [0.25, 0.3) is 0 Å². The highest BCUT2D eigenvalue weighted by Gasteiger charge is 2.40. The van der Waals surface area contributed by atoms with Gasteiger partial charge in [0.15, 0.2) is 0 Å². The summed E-state index contributed by atoms with van der Waals surface area (Å²) in [6.45, 7) is 0.0255. The minimum Gasteiger partial charge on any atom is -0.509 e. The van der Waals surface area contributed by atoms with Gasteiger partial charge in [-0.1, -0.05) is 18.2 Å². The number of rotatable bonds is 10. The van der Waals surface area contributed by atoms with Crippen LogP contribution in [0.4, 0.5) is 0 Å². The van der Waals surface area contributed by atoms with Crippen LogP contribution in [0, 0.1) is 11.8 Å². The van der Waals surface area contributed by atoms with Crippen molar-refractivity contribution in [3.8, 4) is 5.75 Å². The number of carbonyl (C=O) groups is 2. The highest BCUT2D eigenvalue weighted by molar-refractivity contribution is 5.84. The molecule has 0 radical (unpaired) electrons. The van der Waals surface area contributed by atoms with Gasteiger partial charge in [-0.2, -0.15) is 0 Å². The van der Waals surface area contributed by atoms with Crippen LogP contribution in [0.1, 0.15) is 32.1 Å². The van der Waals surface area contributed by atoms with Gasteiger partial charge in [0.1, 0.15) is 23.9 Å². The van der Waals surface area contributed by atoms with Crippen LogP contribution >= 0.6 is 0 Å². The lowest BCUT2D eigenvalue weighted by Gasteiger charge is -2.18. The van der Waals surface area contributed by atoms with E-state index >= 15 is 0 Å². The van der Waals surface area contributed by atoms with Crippen molar-refractivity contribution in [1.82, 2.24) is 0 Å². The minimum absolute atomic E-state index is 0.00508. The Hall–Kier alpha value is -2.82. The number of aliphatic hydroxyl groups is 2. The molecule has 6 heteroatoms. The number of carboxylic acids is 1. The van der Waals surface area contributed by atoms with E-state index in [1.165, 1.54) is 0 Å². The van der Waals surface area contributed by atoms with Crippen LogP contribution in [0.5, 0.6) is 5.75 Å². The molecule has 0 heterocycles. The number of carbonyl (C=O) groups excluding carboxylic acids is 1. The minimum atomic E-state index is -0.866. The van der Waals surface area contributed by atoms with Gasteiger partial charge in [-0.3, -0.25) is 9.59 Å². The molecule has 0 bridgehead atoms. The van der Waals surface area contributed by atoms with E-state index in [1.807, 2.05) is 18.2 Å². The van der Waals surface area contributed by atoms with Crippen LogP contribution in [-0.2, 0) is 9.59 Å². The molecule has 1 aliphatic rings. The SMILES string of the molecule is O=C(O)CCC=C=CCC1C(=O)CC(O)C1C/C=C(\O)COc1ccccc1. The Morgan fingerprint density at radius 2 is 1.93 bits per heavy atom. The summed E-state index contributed by atoms with van der Waals surface area (Å²) in [7, 11) is 0. The molecule has 3 N–H and O–H groups in total. The molecule has 1 aromatic carbocycles. The Balaban J connectivity index is 1.87. The second kappa shape index (κ2) is 11.1. The first kappa shape index (κ1) is 21.5. The van der Waals surface area contributed by atoms with Gasteiger partial charge < -0.3 is 20.1 Å². The molecule has 0 spiro atoms. The maximum atomic E-state index is 12.2. The average molecular weight is 386 g/mol. The number of ketones is 1. The van der Waals surface area contributed by atoms with Gasteiger partial charge in [-0.15, -0.1) is 5.73 Å². The summed E-state index contributed by atoms with van der Waals surface area (Å²) in [6.07, 6.45) is 5.53. The molecule has 0 saturated heterocycles. The van der Waals surface area contributed by atoms with Crippen LogP contribution < -0.4 is 4.74 Å². The summed E-state index contributed by atoms with van der Waals surface area (Å²) in [4.78, 5) is 22.6. The largest absolute Gasteiger partial charge is 0.509 e. The third kappa shape index (κ3) is 7.06. The molecule has 3 unspecified atom stereocenters. The molecule has 6 nitrogen and oxygen atoms in total. The molecule has 1 aromatic rings. The smallest absolute Gasteiger partial charge is 0.303 e. The van der Waals surface area contributed by atoms with E-state index in [-0.39, 0.29) is 42.8 Å². The van der Waals surface area contributed by atoms with Gasteiger partial charge in [0.05, 0.1) is 6.10 Å². The summed E-state index contributed by atoms with van der Waals surface area (Å²) in [5, 5.41) is 28.8. The lowest BCUT2D eigenvalue weighted by Crippen LogP contribution is -2.20. The second-order valence-electron chi connectivity index (χ2n) is 6.78. The van der Waals surface area contributed by atoms with Crippen LogP contribution in [-0.4, -0.2) is 39.8 Å². The first-order chi connectivity index (χ1) is 13.5. The number of aliphatic hydroxyl groups excluding tert-OH is 2. The third-order valence-corrected chi connectivity index (χ3v) is 4.70. The van der Waals surface area contributed by atoms with E-state index in [2.05, 4.69) is 5.73 Å². The molecule has 1 saturated carbocycles. The number of benzene rings is 1. The lowest BCUT2D eigenvalue weighted by molar-refractivity contribution is -0.136. The molecule has 1 fully saturated rings. The molecule has 1 aliphatic carbocycles. The Bertz CT molecular complexity index is 746. The summed E-state index contributed by atoms with van der Waals surface area (Å²) in [5.41, 5.74) is 2.89. The first-order valence-corrected chi connectivity index (χ1v) is 9.35. The fraction of sp³-hybridized carbons (Fsp3) is 0.409. The van der Waals surface area contributed by atoms with Crippen molar-refractivity contribution in [2.45, 2.75) is 38.2 Å². The molecule has 28 heavy (non-hydrogen) atoms. The van der Waals surface area contributed by atoms with Crippen molar-refractivity contribution in [3.63, 3.8) is 0 Å². The highest BCUT2D eigenvalue weighted by atomic mass is 16.5. The van der Waals surface area contributed by atoms with E-state index in [9.17, 15) is 19.8 Å². The van der Waals surface area contributed by atoms with E-state index in [1.54, 1.807) is 30.4 Å². The van der Waals surface area contributed by atoms with Gasteiger partial charge in [-0.05, 0) is 55.5 Å². The molecule has 0 amide bonds. The number of aliphatic carboxylic acids is 1. The van der Waals surface area contributed by atoms with Gasteiger partial charge in [0.2, 0.25) is 0 Å². The number of allylic oxidation sites excluding steroid dienone is 2.